The predicted molar refractivity (Wildman–Crippen MR) is 122 cm³/mol. The molecule has 5 nitrogen and oxygen atoms in total. The molecule has 2 heterocycles. The molecule has 158 valence electrons. The SMILES string of the molecule is Cc1ccc2c(=O)n(-c3ccc(OCCCN4CCC[C@H](C)C4)cc3)c(C)nc2c1. The molecule has 5 heteroatoms. The first kappa shape index (κ1) is 20.6. The molecular formula is C25H31N3O2. The van der Waals surface area contributed by atoms with Gasteiger partial charge in [0.05, 0.1) is 23.2 Å². The number of nitrogens with zero attached hydrogens (tertiary/aromatic N) is 3. The number of aromatic nitrogens is 2. The van der Waals surface area contributed by atoms with Gasteiger partial charge in [-0.2, -0.15) is 0 Å². The van der Waals surface area contributed by atoms with E-state index in [2.05, 4.69) is 16.8 Å². The minimum Gasteiger partial charge on any atom is -0.494 e. The first-order valence-corrected chi connectivity index (χ1v) is 11.0. The van der Waals surface area contributed by atoms with Gasteiger partial charge in [0.15, 0.2) is 0 Å². The highest BCUT2D eigenvalue weighted by molar-refractivity contribution is 5.78. The summed E-state index contributed by atoms with van der Waals surface area (Å²) in [7, 11) is 0. The molecule has 1 aliphatic heterocycles. The van der Waals surface area contributed by atoms with E-state index < -0.39 is 0 Å². The molecule has 0 aliphatic carbocycles. The Labute approximate surface area is 178 Å². The fraction of sp³-hybridized carbons (Fsp3) is 0.440. The number of hydrogen-bond acceptors (Lipinski definition) is 4. The van der Waals surface area contributed by atoms with Crippen LogP contribution in [-0.2, 0) is 0 Å². The van der Waals surface area contributed by atoms with E-state index in [9.17, 15) is 4.79 Å². The Kier molecular flexibility index (Phi) is 6.18. The van der Waals surface area contributed by atoms with Crippen molar-refractivity contribution in [2.45, 2.75) is 40.0 Å². The molecule has 0 radical (unpaired) electrons. The number of aryl methyl sites for hydroxylation is 2. The van der Waals surface area contributed by atoms with Crippen LogP contribution < -0.4 is 10.3 Å². The zero-order chi connectivity index (χ0) is 21.1. The fourth-order valence-corrected chi connectivity index (χ4v) is 4.37. The lowest BCUT2D eigenvalue weighted by molar-refractivity contribution is 0.170. The van der Waals surface area contributed by atoms with Crippen molar-refractivity contribution in [1.29, 1.82) is 0 Å². The van der Waals surface area contributed by atoms with Crippen molar-refractivity contribution >= 4 is 10.9 Å². The van der Waals surface area contributed by atoms with Crippen LogP contribution >= 0.6 is 0 Å². The van der Waals surface area contributed by atoms with Gasteiger partial charge in [-0.1, -0.05) is 13.0 Å². The van der Waals surface area contributed by atoms with Crippen molar-refractivity contribution in [1.82, 2.24) is 14.5 Å². The Morgan fingerprint density at radius 2 is 1.93 bits per heavy atom. The molecule has 4 rings (SSSR count). The van der Waals surface area contributed by atoms with Gasteiger partial charge in [0.25, 0.3) is 5.56 Å². The lowest BCUT2D eigenvalue weighted by Crippen LogP contribution is -2.35. The highest BCUT2D eigenvalue weighted by atomic mass is 16.5. The van der Waals surface area contributed by atoms with Crippen molar-refractivity contribution < 1.29 is 4.74 Å². The number of ether oxygens (including phenoxy) is 1. The molecule has 0 spiro atoms. The first-order valence-electron chi connectivity index (χ1n) is 11.0. The largest absolute Gasteiger partial charge is 0.494 e. The van der Waals surface area contributed by atoms with Crippen LogP contribution in [0.3, 0.4) is 0 Å². The van der Waals surface area contributed by atoms with E-state index in [1.807, 2.05) is 56.3 Å². The lowest BCUT2D eigenvalue weighted by atomic mass is 10.0. The number of piperidine rings is 1. The lowest BCUT2D eigenvalue weighted by Gasteiger charge is -2.30. The highest BCUT2D eigenvalue weighted by Gasteiger charge is 2.15. The monoisotopic (exact) mass is 405 g/mol. The molecule has 1 atom stereocenters. The molecule has 0 saturated carbocycles. The number of benzene rings is 2. The summed E-state index contributed by atoms with van der Waals surface area (Å²) in [5.41, 5.74) is 2.61. The van der Waals surface area contributed by atoms with Crippen LogP contribution in [0.2, 0.25) is 0 Å². The summed E-state index contributed by atoms with van der Waals surface area (Å²) in [4.78, 5) is 20.2. The van der Waals surface area contributed by atoms with E-state index in [4.69, 9.17) is 4.74 Å². The molecule has 0 N–H and O–H groups in total. The van der Waals surface area contributed by atoms with Crippen molar-refractivity contribution in [2.75, 3.05) is 26.2 Å². The zero-order valence-electron chi connectivity index (χ0n) is 18.2. The van der Waals surface area contributed by atoms with Gasteiger partial charge in [0.2, 0.25) is 0 Å². The standard InChI is InChI=1S/C25H31N3O2/c1-18-7-12-23-24(16-18)26-20(3)28(25(23)29)21-8-10-22(11-9-21)30-15-5-14-27-13-4-6-19(2)17-27/h7-12,16,19H,4-6,13-15,17H2,1-3H3/t19-/m0/s1. The number of hydrogen-bond donors (Lipinski definition) is 0. The summed E-state index contributed by atoms with van der Waals surface area (Å²) >= 11 is 0. The van der Waals surface area contributed by atoms with Crippen LogP contribution in [0.25, 0.3) is 16.6 Å². The second kappa shape index (κ2) is 9.00. The summed E-state index contributed by atoms with van der Waals surface area (Å²) in [5, 5.41) is 0.638. The van der Waals surface area contributed by atoms with Crippen molar-refractivity contribution in [3.05, 3.63) is 64.2 Å². The highest BCUT2D eigenvalue weighted by Crippen LogP contribution is 2.18. The first-order chi connectivity index (χ1) is 14.5. The molecule has 0 bridgehead atoms. The van der Waals surface area contributed by atoms with Crippen LogP contribution in [0.4, 0.5) is 0 Å². The quantitative estimate of drug-likeness (QED) is 0.567. The molecule has 1 saturated heterocycles. The maximum Gasteiger partial charge on any atom is 0.265 e. The van der Waals surface area contributed by atoms with Crippen molar-refractivity contribution in [2.24, 2.45) is 5.92 Å². The van der Waals surface area contributed by atoms with E-state index in [1.165, 1.54) is 25.9 Å². The van der Waals surface area contributed by atoms with Gasteiger partial charge in [-0.05, 0) is 87.5 Å². The maximum atomic E-state index is 13.0. The van der Waals surface area contributed by atoms with Crippen LogP contribution in [0.1, 0.15) is 37.6 Å². The molecule has 0 unspecified atom stereocenters. The number of likely N-dealkylation sites (tertiary alicyclic amines) is 1. The predicted octanol–water partition coefficient (Wildman–Crippen LogP) is 4.50. The average molecular weight is 406 g/mol. The van der Waals surface area contributed by atoms with Crippen LogP contribution in [0.15, 0.2) is 47.3 Å². The normalized spacial score (nSPS) is 17.4. The third-order valence-electron chi connectivity index (χ3n) is 5.92. The van der Waals surface area contributed by atoms with Crippen molar-refractivity contribution in [3.8, 4) is 11.4 Å². The Morgan fingerprint density at radius 3 is 2.70 bits per heavy atom. The Bertz CT molecular complexity index is 1070. The van der Waals surface area contributed by atoms with E-state index in [0.29, 0.717) is 17.8 Å². The zero-order valence-corrected chi connectivity index (χ0v) is 18.2. The minimum absolute atomic E-state index is 0.0399. The number of fused-ring (bicyclic) bond motifs is 1. The Balaban J connectivity index is 1.41. The fourth-order valence-electron chi connectivity index (χ4n) is 4.37. The van der Waals surface area contributed by atoms with Crippen LogP contribution in [0, 0.1) is 19.8 Å². The molecular weight excluding hydrogens is 374 g/mol. The Hall–Kier alpha value is -2.66. The smallest absolute Gasteiger partial charge is 0.265 e. The van der Waals surface area contributed by atoms with Crippen LogP contribution in [0.5, 0.6) is 5.75 Å². The van der Waals surface area contributed by atoms with Gasteiger partial charge in [0, 0.05) is 13.1 Å². The Morgan fingerprint density at radius 1 is 1.13 bits per heavy atom. The van der Waals surface area contributed by atoms with E-state index in [-0.39, 0.29) is 5.56 Å². The minimum atomic E-state index is -0.0399. The van der Waals surface area contributed by atoms with Gasteiger partial charge in [-0.25, -0.2) is 4.98 Å². The summed E-state index contributed by atoms with van der Waals surface area (Å²) in [6, 6.07) is 13.5. The molecule has 0 amide bonds. The third-order valence-corrected chi connectivity index (χ3v) is 5.92. The summed E-state index contributed by atoms with van der Waals surface area (Å²) < 4.78 is 7.59. The summed E-state index contributed by atoms with van der Waals surface area (Å²) in [5.74, 6) is 2.33. The summed E-state index contributed by atoms with van der Waals surface area (Å²) in [6.07, 6.45) is 3.70. The average Bonchev–Trinajstić information content (AvgIpc) is 2.72. The van der Waals surface area contributed by atoms with Crippen molar-refractivity contribution in [3.63, 3.8) is 0 Å². The molecule has 1 aliphatic rings. The van der Waals surface area contributed by atoms with E-state index in [0.717, 1.165) is 41.4 Å². The second-order valence-corrected chi connectivity index (χ2v) is 8.56. The molecule has 30 heavy (non-hydrogen) atoms. The molecule has 2 aromatic carbocycles. The summed E-state index contributed by atoms with van der Waals surface area (Å²) in [6.45, 7) is 10.4. The molecule has 1 fully saturated rings. The molecule has 1 aromatic heterocycles. The van der Waals surface area contributed by atoms with E-state index in [1.54, 1.807) is 4.57 Å². The van der Waals surface area contributed by atoms with E-state index >= 15 is 0 Å². The topological polar surface area (TPSA) is 47.4 Å². The van der Waals surface area contributed by atoms with Gasteiger partial charge in [0.1, 0.15) is 11.6 Å². The van der Waals surface area contributed by atoms with Crippen LogP contribution in [-0.4, -0.2) is 40.7 Å². The van der Waals surface area contributed by atoms with Gasteiger partial charge >= 0.3 is 0 Å². The third kappa shape index (κ3) is 4.57. The molecule has 3 aromatic rings. The number of rotatable bonds is 6. The second-order valence-electron chi connectivity index (χ2n) is 8.56. The maximum absolute atomic E-state index is 13.0. The van der Waals surface area contributed by atoms with Gasteiger partial charge < -0.3 is 9.64 Å². The van der Waals surface area contributed by atoms with Gasteiger partial charge in [-0.15, -0.1) is 0 Å². The van der Waals surface area contributed by atoms with Gasteiger partial charge in [-0.3, -0.25) is 9.36 Å².